The maximum Gasteiger partial charge on any atom is 0.325 e. The molecule has 0 saturated carbocycles. The number of fused-ring (bicyclic) bond motifs is 1. The van der Waals surface area contributed by atoms with Crippen molar-refractivity contribution in [2.45, 2.75) is 24.9 Å². The Morgan fingerprint density at radius 2 is 1.62 bits per heavy atom. The summed E-state index contributed by atoms with van der Waals surface area (Å²) in [7, 11) is 0. The molecule has 0 bridgehead atoms. The van der Waals surface area contributed by atoms with Gasteiger partial charge in [0.25, 0.3) is 0 Å². The maximum absolute atomic E-state index is 14.9. The standard InChI is InChI=1S/C27H23FN2O4/c1-16-11-13-18(14-12-16)30-24(31)21-22(25(30)32)27(26(33)34,15-17-7-3-2-4-8-17)29-23(21)19-9-5-6-10-20(19)28/h2-14,21-23,29H,15H2,1H3,(H,33,34). The van der Waals surface area contributed by atoms with E-state index in [9.17, 15) is 23.9 Å². The number of nitrogens with zero attached hydrogens (tertiary/aromatic N) is 1. The van der Waals surface area contributed by atoms with Crippen molar-refractivity contribution in [2.24, 2.45) is 11.8 Å². The number of amides is 2. The minimum absolute atomic E-state index is 0.0317. The summed E-state index contributed by atoms with van der Waals surface area (Å²) in [5.41, 5.74) is 0.407. The van der Waals surface area contributed by atoms with Gasteiger partial charge in [0.15, 0.2) is 0 Å². The molecule has 34 heavy (non-hydrogen) atoms. The number of aliphatic carboxylic acids is 1. The number of carboxylic acid groups (broad SMARTS) is 1. The Morgan fingerprint density at radius 1 is 0.971 bits per heavy atom. The third-order valence-corrected chi connectivity index (χ3v) is 6.89. The molecule has 0 radical (unpaired) electrons. The van der Waals surface area contributed by atoms with Crippen LogP contribution in [0.1, 0.15) is 22.7 Å². The maximum atomic E-state index is 14.9. The highest BCUT2D eigenvalue weighted by atomic mass is 19.1. The lowest BCUT2D eigenvalue weighted by Crippen LogP contribution is -2.57. The van der Waals surface area contributed by atoms with E-state index in [2.05, 4.69) is 5.32 Å². The number of benzene rings is 3. The van der Waals surface area contributed by atoms with Gasteiger partial charge in [-0.25, -0.2) is 9.29 Å². The van der Waals surface area contributed by atoms with E-state index in [1.807, 2.05) is 13.0 Å². The van der Waals surface area contributed by atoms with Crippen molar-refractivity contribution >= 4 is 23.5 Å². The van der Waals surface area contributed by atoms with E-state index in [1.165, 1.54) is 18.2 Å². The van der Waals surface area contributed by atoms with E-state index in [-0.39, 0.29) is 12.0 Å². The van der Waals surface area contributed by atoms with Crippen LogP contribution in [0.4, 0.5) is 10.1 Å². The summed E-state index contributed by atoms with van der Waals surface area (Å²) in [6.45, 7) is 1.89. The lowest BCUT2D eigenvalue weighted by molar-refractivity contribution is -0.148. The third-order valence-electron chi connectivity index (χ3n) is 6.89. The number of rotatable bonds is 5. The van der Waals surface area contributed by atoms with Crippen molar-refractivity contribution in [1.82, 2.24) is 5.32 Å². The first-order valence-corrected chi connectivity index (χ1v) is 11.1. The normalized spacial score (nSPS) is 26.1. The molecule has 2 N–H and O–H groups in total. The molecule has 2 amide bonds. The Bertz CT molecular complexity index is 1280. The van der Waals surface area contributed by atoms with Gasteiger partial charge >= 0.3 is 5.97 Å². The molecule has 4 atom stereocenters. The van der Waals surface area contributed by atoms with Crippen LogP contribution >= 0.6 is 0 Å². The molecule has 2 fully saturated rings. The van der Waals surface area contributed by atoms with Gasteiger partial charge in [-0.2, -0.15) is 0 Å². The molecule has 2 saturated heterocycles. The number of hydrogen-bond donors (Lipinski definition) is 2. The van der Waals surface area contributed by atoms with Crippen molar-refractivity contribution in [2.75, 3.05) is 4.90 Å². The number of halogens is 1. The zero-order valence-electron chi connectivity index (χ0n) is 18.4. The number of anilines is 1. The molecule has 0 spiro atoms. The van der Waals surface area contributed by atoms with Gasteiger partial charge in [-0.15, -0.1) is 0 Å². The van der Waals surface area contributed by atoms with Crippen LogP contribution in [0.15, 0.2) is 78.9 Å². The smallest absolute Gasteiger partial charge is 0.325 e. The fourth-order valence-electron chi connectivity index (χ4n) is 5.30. The molecule has 3 aromatic rings. The van der Waals surface area contributed by atoms with Crippen LogP contribution in [0.5, 0.6) is 0 Å². The zero-order chi connectivity index (χ0) is 24.0. The van der Waals surface area contributed by atoms with Gasteiger partial charge in [0.2, 0.25) is 11.8 Å². The molecule has 0 aliphatic carbocycles. The Morgan fingerprint density at radius 3 is 2.26 bits per heavy atom. The van der Waals surface area contributed by atoms with Crippen LogP contribution < -0.4 is 10.2 Å². The van der Waals surface area contributed by atoms with E-state index >= 15 is 0 Å². The second-order valence-electron chi connectivity index (χ2n) is 8.93. The molecule has 4 unspecified atom stereocenters. The summed E-state index contributed by atoms with van der Waals surface area (Å²) in [6, 6.07) is 20.8. The first kappa shape index (κ1) is 22.0. The molecule has 5 rings (SSSR count). The highest BCUT2D eigenvalue weighted by Gasteiger charge is 2.68. The quantitative estimate of drug-likeness (QED) is 0.570. The summed E-state index contributed by atoms with van der Waals surface area (Å²) < 4.78 is 14.9. The zero-order valence-corrected chi connectivity index (χ0v) is 18.4. The number of aryl methyl sites for hydroxylation is 1. The monoisotopic (exact) mass is 458 g/mol. The van der Waals surface area contributed by atoms with E-state index in [1.54, 1.807) is 54.6 Å². The number of hydrogen-bond acceptors (Lipinski definition) is 4. The second kappa shape index (κ2) is 8.18. The molecule has 2 aliphatic rings. The molecule has 6 nitrogen and oxygen atoms in total. The second-order valence-corrected chi connectivity index (χ2v) is 8.93. The van der Waals surface area contributed by atoms with Gasteiger partial charge in [0.05, 0.1) is 17.5 Å². The minimum atomic E-state index is -1.79. The van der Waals surface area contributed by atoms with Crippen molar-refractivity contribution < 1.29 is 23.9 Å². The SMILES string of the molecule is Cc1ccc(N2C(=O)C3C(c4ccccc4F)NC(Cc4ccccc4)(C(=O)O)C3C2=O)cc1. The van der Waals surface area contributed by atoms with E-state index in [0.29, 0.717) is 11.3 Å². The Labute approximate surface area is 196 Å². The number of carbonyl (C=O) groups excluding carboxylic acids is 2. The van der Waals surface area contributed by atoms with Gasteiger partial charge in [0.1, 0.15) is 11.4 Å². The average molecular weight is 458 g/mol. The van der Waals surface area contributed by atoms with Crippen LogP contribution in [0, 0.1) is 24.6 Å². The largest absolute Gasteiger partial charge is 0.480 e. The highest BCUT2D eigenvalue weighted by molar-refractivity contribution is 6.24. The Balaban J connectivity index is 1.67. The number of imide groups is 1. The van der Waals surface area contributed by atoms with Crippen molar-refractivity contribution in [3.05, 3.63) is 101 Å². The van der Waals surface area contributed by atoms with Crippen LogP contribution in [-0.2, 0) is 20.8 Å². The van der Waals surface area contributed by atoms with Crippen LogP contribution in [-0.4, -0.2) is 28.4 Å². The van der Waals surface area contributed by atoms with Crippen LogP contribution in [0.3, 0.4) is 0 Å². The summed E-state index contributed by atoms with van der Waals surface area (Å²) in [6.07, 6.45) is -0.0317. The fraction of sp³-hybridized carbons (Fsp3) is 0.222. The van der Waals surface area contributed by atoms with E-state index in [0.717, 1.165) is 10.5 Å². The van der Waals surface area contributed by atoms with Gasteiger partial charge in [-0.1, -0.05) is 66.2 Å². The van der Waals surface area contributed by atoms with Crippen LogP contribution in [0.2, 0.25) is 0 Å². The van der Waals surface area contributed by atoms with Gasteiger partial charge < -0.3 is 5.11 Å². The van der Waals surface area contributed by atoms with Crippen molar-refractivity contribution in [3.63, 3.8) is 0 Å². The van der Waals surface area contributed by atoms with Crippen LogP contribution in [0.25, 0.3) is 0 Å². The minimum Gasteiger partial charge on any atom is -0.480 e. The molecule has 3 aromatic carbocycles. The lowest BCUT2D eigenvalue weighted by Gasteiger charge is -2.31. The predicted molar refractivity (Wildman–Crippen MR) is 123 cm³/mol. The average Bonchev–Trinajstić information content (AvgIpc) is 3.30. The summed E-state index contributed by atoms with van der Waals surface area (Å²) in [5.74, 6) is -5.21. The highest BCUT2D eigenvalue weighted by Crippen LogP contribution is 2.51. The molecular formula is C27H23FN2O4. The molecule has 7 heteroatoms. The third kappa shape index (κ3) is 3.31. The van der Waals surface area contributed by atoms with Gasteiger partial charge in [-0.05, 0) is 30.7 Å². The number of carbonyl (C=O) groups is 3. The molecule has 0 aromatic heterocycles. The first-order chi connectivity index (χ1) is 16.3. The van der Waals surface area contributed by atoms with E-state index in [4.69, 9.17) is 0 Å². The lowest BCUT2D eigenvalue weighted by atomic mass is 9.76. The number of nitrogens with one attached hydrogen (secondary N) is 1. The fourth-order valence-corrected chi connectivity index (χ4v) is 5.30. The summed E-state index contributed by atoms with van der Waals surface area (Å²) >= 11 is 0. The van der Waals surface area contributed by atoms with E-state index < -0.39 is 47.0 Å². The van der Waals surface area contributed by atoms with Crippen molar-refractivity contribution in [3.8, 4) is 0 Å². The van der Waals surface area contributed by atoms with Gasteiger partial charge in [-0.3, -0.25) is 19.7 Å². The summed E-state index contributed by atoms with van der Waals surface area (Å²) in [5, 5.41) is 13.5. The first-order valence-electron chi connectivity index (χ1n) is 11.1. The molecule has 2 heterocycles. The summed E-state index contributed by atoms with van der Waals surface area (Å²) in [4.78, 5) is 41.3. The Hall–Kier alpha value is -3.84. The number of carboxylic acids is 1. The molecule has 2 aliphatic heterocycles. The topological polar surface area (TPSA) is 86.7 Å². The predicted octanol–water partition coefficient (Wildman–Crippen LogP) is 3.65. The molecular weight excluding hydrogens is 435 g/mol. The Kier molecular flexibility index (Phi) is 5.29. The molecule has 172 valence electrons. The van der Waals surface area contributed by atoms with Crippen molar-refractivity contribution in [1.29, 1.82) is 0 Å². The van der Waals surface area contributed by atoms with Gasteiger partial charge in [0, 0.05) is 18.0 Å².